The van der Waals surface area contributed by atoms with Gasteiger partial charge in [0.1, 0.15) is 0 Å². The second-order valence-corrected chi connectivity index (χ2v) is 13.9. The van der Waals surface area contributed by atoms with Gasteiger partial charge in [0, 0.05) is 46.8 Å². The van der Waals surface area contributed by atoms with Crippen LogP contribution in [0.4, 0.5) is 17.1 Å². The van der Waals surface area contributed by atoms with E-state index in [2.05, 4.69) is 181 Å². The van der Waals surface area contributed by atoms with E-state index in [1.54, 1.807) is 0 Å². The van der Waals surface area contributed by atoms with Crippen LogP contribution in [0, 0.1) is 0 Å². The van der Waals surface area contributed by atoms with E-state index in [9.17, 15) is 0 Å². The zero-order valence-electron chi connectivity index (χ0n) is 25.5. The molecular weight excluding hydrogens is 607 g/mol. The summed E-state index contributed by atoms with van der Waals surface area (Å²) >= 11 is 3.72. The minimum Gasteiger partial charge on any atom is -0.311 e. The molecule has 9 rings (SSSR count). The molecule has 0 spiro atoms. The average Bonchev–Trinajstić information content (AvgIpc) is 3.75. The van der Waals surface area contributed by atoms with Gasteiger partial charge in [0.25, 0.3) is 0 Å². The summed E-state index contributed by atoms with van der Waals surface area (Å²) in [5.41, 5.74) is 9.55. The van der Waals surface area contributed by atoms with Gasteiger partial charge in [0.15, 0.2) is 0 Å². The molecule has 0 saturated carbocycles. The van der Waals surface area contributed by atoms with Crippen molar-refractivity contribution < 1.29 is 0 Å². The topological polar surface area (TPSA) is 3.24 Å². The first-order chi connectivity index (χ1) is 23.3. The number of hydrogen-bond acceptors (Lipinski definition) is 3. The maximum absolute atomic E-state index is 2.35. The SMILES string of the molecule is c1ccc(-c2ccc(N(c3ccc(-c4cc5ccccc5s4)cc3)c3ccc(-c4cccc5c4sc4ccccc45)cc3)cc2)cc1. The van der Waals surface area contributed by atoms with Gasteiger partial charge in [-0.1, -0.05) is 121 Å². The van der Waals surface area contributed by atoms with Gasteiger partial charge in [0.05, 0.1) is 0 Å². The smallest absolute Gasteiger partial charge is 0.0462 e. The van der Waals surface area contributed by atoms with Crippen LogP contribution >= 0.6 is 22.7 Å². The number of thiophene rings is 2. The van der Waals surface area contributed by atoms with Gasteiger partial charge in [-0.25, -0.2) is 0 Å². The van der Waals surface area contributed by atoms with Gasteiger partial charge in [-0.15, -0.1) is 22.7 Å². The lowest BCUT2D eigenvalue weighted by atomic mass is 10.0. The van der Waals surface area contributed by atoms with Crippen molar-refractivity contribution in [2.45, 2.75) is 0 Å². The second kappa shape index (κ2) is 11.7. The Morgan fingerprint density at radius 2 is 0.915 bits per heavy atom. The van der Waals surface area contributed by atoms with Crippen LogP contribution in [-0.2, 0) is 0 Å². The number of nitrogens with zero attached hydrogens (tertiary/aromatic N) is 1. The molecule has 0 saturated heterocycles. The van der Waals surface area contributed by atoms with Crippen molar-refractivity contribution in [3.8, 4) is 32.7 Å². The number of benzene rings is 7. The molecule has 9 aromatic rings. The fourth-order valence-electron chi connectivity index (χ4n) is 6.54. The third-order valence-electron chi connectivity index (χ3n) is 8.91. The van der Waals surface area contributed by atoms with Crippen LogP contribution in [0.2, 0.25) is 0 Å². The molecule has 0 radical (unpaired) electrons. The molecule has 0 aliphatic carbocycles. The van der Waals surface area contributed by atoms with Crippen LogP contribution < -0.4 is 4.90 Å². The Balaban J connectivity index is 1.11. The summed E-state index contributed by atoms with van der Waals surface area (Å²) < 4.78 is 3.99. The summed E-state index contributed by atoms with van der Waals surface area (Å²) in [6.45, 7) is 0. The molecule has 0 bridgehead atoms. The Labute approximate surface area is 282 Å². The van der Waals surface area contributed by atoms with Crippen LogP contribution in [0.15, 0.2) is 176 Å². The van der Waals surface area contributed by atoms with E-state index < -0.39 is 0 Å². The Morgan fingerprint density at radius 3 is 1.62 bits per heavy atom. The molecule has 0 atom stereocenters. The third kappa shape index (κ3) is 5.11. The van der Waals surface area contributed by atoms with Crippen molar-refractivity contribution in [2.75, 3.05) is 4.90 Å². The van der Waals surface area contributed by atoms with Crippen molar-refractivity contribution in [2.24, 2.45) is 0 Å². The largest absolute Gasteiger partial charge is 0.311 e. The first kappa shape index (κ1) is 27.8. The average molecular weight is 636 g/mol. The third-order valence-corrected chi connectivity index (χ3v) is 11.3. The molecule has 1 nitrogen and oxygen atoms in total. The molecule has 2 heterocycles. The first-order valence-electron chi connectivity index (χ1n) is 15.8. The van der Waals surface area contributed by atoms with Crippen LogP contribution in [-0.4, -0.2) is 0 Å². The summed E-state index contributed by atoms with van der Waals surface area (Å²) in [5.74, 6) is 0. The molecular formula is C44H29NS2. The molecule has 222 valence electrons. The van der Waals surface area contributed by atoms with Gasteiger partial charge in [0.2, 0.25) is 0 Å². The zero-order valence-corrected chi connectivity index (χ0v) is 27.1. The normalized spacial score (nSPS) is 11.4. The highest BCUT2D eigenvalue weighted by Gasteiger charge is 2.15. The van der Waals surface area contributed by atoms with Crippen LogP contribution in [0.1, 0.15) is 0 Å². The minimum atomic E-state index is 1.12. The van der Waals surface area contributed by atoms with Crippen molar-refractivity contribution in [3.63, 3.8) is 0 Å². The van der Waals surface area contributed by atoms with E-state index >= 15 is 0 Å². The highest BCUT2D eigenvalue weighted by atomic mass is 32.1. The molecule has 0 fully saturated rings. The number of fused-ring (bicyclic) bond motifs is 4. The van der Waals surface area contributed by atoms with E-state index in [4.69, 9.17) is 0 Å². The van der Waals surface area contributed by atoms with E-state index in [1.807, 2.05) is 22.7 Å². The Morgan fingerprint density at radius 1 is 0.362 bits per heavy atom. The molecule has 7 aromatic carbocycles. The van der Waals surface area contributed by atoms with Crippen LogP contribution in [0.25, 0.3) is 63.0 Å². The van der Waals surface area contributed by atoms with Crippen molar-refractivity contribution in [1.29, 1.82) is 0 Å². The van der Waals surface area contributed by atoms with E-state index in [-0.39, 0.29) is 0 Å². The van der Waals surface area contributed by atoms with Gasteiger partial charge in [-0.3, -0.25) is 0 Å². The number of anilines is 3. The maximum atomic E-state index is 2.35. The monoisotopic (exact) mass is 635 g/mol. The summed E-state index contributed by atoms with van der Waals surface area (Å²) in [5, 5.41) is 3.95. The summed E-state index contributed by atoms with van der Waals surface area (Å²) in [6.07, 6.45) is 0. The quantitative estimate of drug-likeness (QED) is 0.176. The standard InChI is InChI=1S/C44H29NS2/c1-2-9-30(10-3-1)31-17-23-35(24-18-31)45(37-27-21-33(22-28-37)43-29-34-11-4-6-15-41(34)46-43)36-25-19-32(20-26-36)38-13-8-14-40-39-12-5-7-16-42(39)47-44(38)40/h1-29H. The fourth-order valence-corrected chi connectivity index (χ4v) is 8.85. The van der Waals surface area contributed by atoms with Gasteiger partial charge >= 0.3 is 0 Å². The fraction of sp³-hybridized carbons (Fsp3) is 0. The summed E-state index contributed by atoms with van der Waals surface area (Å²) in [4.78, 5) is 3.64. The summed E-state index contributed by atoms with van der Waals surface area (Å²) in [7, 11) is 0. The maximum Gasteiger partial charge on any atom is 0.0462 e. The lowest BCUT2D eigenvalue weighted by Crippen LogP contribution is -2.09. The van der Waals surface area contributed by atoms with Crippen LogP contribution in [0.3, 0.4) is 0 Å². The molecule has 47 heavy (non-hydrogen) atoms. The second-order valence-electron chi connectivity index (χ2n) is 11.8. The summed E-state index contributed by atoms with van der Waals surface area (Å²) in [6, 6.07) is 63.8. The zero-order chi connectivity index (χ0) is 31.2. The lowest BCUT2D eigenvalue weighted by Gasteiger charge is -2.26. The lowest BCUT2D eigenvalue weighted by molar-refractivity contribution is 1.28. The molecule has 3 heteroatoms. The Bertz CT molecular complexity index is 2450. The highest BCUT2D eigenvalue weighted by Crippen LogP contribution is 2.42. The molecule has 0 N–H and O–H groups in total. The van der Waals surface area contributed by atoms with Gasteiger partial charge < -0.3 is 4.90 Å². The molecule has 2 aromatic heterocycles. The minimum absolute atomic E-state index is 1.12. The Kier molecular flexibility index (Phi) is 6.93. The predicted octanol–water partition coefficient (Wildman–Crippen LogP) is 13.7. The van der Waals surface area contributed by atoms with E-state index in [0.717, 1.165) is 17.1 Å². The highest BCUT2D eigenvalue weighted by molar-refractivity contribution is 7.26. The predicted molar refractivity (Wildman–Crippen MR) is 206 cm³/mol. The molecule has 0 amide bonds. The van der Waals surface area contributed by atoms with Gasteiger partial charge in [-0.2, -0.15) is 0 Å². The first-order valence-corrected chi connectivity index (χ1v) is 17.5. The van der Waals surface area contributed by atoms with E-state index in [1.165, 1.54) is 63.0 Å². The van der Waals surface area contributed by atoms with Crippen molar-refractivity contribution >= 4 is 70.0 Å². The number of rotatable bonds is 6. The Hall–Kier alpha value is -5.48. The van der Waals surface area contributed by atoms with Crippen molar-refractivity contribution in [1.82, 2.24) is 0 Å². The van der Waals surface area contributed by atoms with E-state index in [0.29, 0.717) is 0 Å². The van der Waals surface area contributed by atoms with Gasteiger partial charge in [-0.05, 0) is 87.8 Å². The van der Waals surface area contributed by atoms with Crippen molar-refractivity contribution in [3.05, 3.63) is 176 Å². The van der Waals surface area contributed by atoms with Crippen LogP contribution in [0.5, 0.6) is 0 Å². The molecule has 0 aliphatic rings. The molecule has 0 aliphatic heterocycles. The number of hydrogen-bond donors (Lipinski definition) is 0. The molecule has 0 unspecified atom stereocenters.